The van der Waals surface area contributed by atoms with Crippen LogP contribution < -0.4 is 5.32 Å². The highest BCUT2D eigenvalue weighted by Crippen LogP contribution is 2.29. The lowest BCUT2D eigenvalue weighted by molar-refractivity contribution is -0.137. The number of nitrogens with one attached hydrogen (secondary N) is 1. The van der Waals surface area contributed by atoms with E-state index in [2.05, 4.69) is 5.32 Å². The van der Waals surface area contributed by atoms with E-state index in [0.29, 0.717) is 31.7 Å². The number of rotatable bonds is 4. The predicted molar refractivity (Wildman–Crippen MR) is 81.3 cm³/mol. The third-order valence-electron chi connectivity index (χ3n) is 3.80. The Labute approximate surface area is 138 Å². The minimum absolute atomic E-state index is 0.00150. The van der Waals surface area contributed by atoms with Crippen LogP contribution in [0.2, 0.25) is 0 Å². The van der Waals surface area contributed by atoms with Crippen molar-refractivity contribution < 1.29 is 27.8 Å². The number of amides is 2. The van der Waals surface area contributed by atoms with E-state index in [4.69, 9.17) is 4.74 Å². The van der Waals surface area contributed by atoms with Crippen LogP contribution in [-0.4, -0.2) is 47.9 Å². The quantitative estimate of drug-likeness (QED) is 0.880. The van der Waals surface area contributed by atoms with Gasteiger partial charge >= 0.3 is 12.2 Å². The van der Waals surface area contributed by atoms with E-state index in [-0.39, 0.29) is 18.6 Å². The molecule has 2 N–H and O–H groups in total. The van der Waals surface area contributed by atoms with E-state index in [1.807, 2.05) is 0 Å². The molecule has 1 fully saturated rings. The fourth-order valence-corrected chi connectivity index (χ4v) is 2.65. The Bertz CT molecular complexity index is 564. The van der Waals surface area contributed by atoms with Gasteiger partial charge in [0.25, 0.3) is 0 Å². The average molecular weight is 346 g/mol. The molecule has 1 heterocycles. The molecule has 0 aromatic heterocycles. The minimum atomic E-state index is -4.41. The standard InChI is InChI=1S/C16H21F3N2O3/c1-11(22)7-14-10-24-6-5-21(14)15(23)20-9-12-3-2-4-13(8-12)16(17,18)19/h2-4,8,11,14,22H,5-7,9-10H2,1H3,(H,20,23). The maximum Gasteiger partial charge on any atom is 0.416 e. The van der Waals surface area contributed by atoms with Crippen LogP contribution in [0.25, 0.3) is 0 Å². The van der Waals surface area contributed by atoms with Gasteiger partial charge < -0.3 is 20.1 Å². The van der Waals surface area contributed by atoms with Crippen LogP contribution in [-0.2, 0) is 17.5 Å². The first-order valence-electron chi connectivity index (χ1n) is 7.74. The highest BCUT2D eigenvalue weighted by atomic mass is 19.4. The van der Waals surface area contributed by atoms with Crippen LogP contribution in [0, 0.1) is 0 Å². The van der Waals surface area contributed by atoms with Gasteiger partial charge in [0.15, 0.2) is 0 Å². The third-order valence-corrected chi connectivity index (χ3v) is 3.80. The van der Waals surface area contributed by atoms with Crippen molar-refractivity contribution in [2.24, 2.45) is 0 Å². The maximum atomic E-state index is 12.7. The summed E-state index contributed by atoms with van der Waals surface area (Å²) in [6, 6.07) is 4.23. The highest BCUT2D eigenvalue weighted by Gasteiger charge is 2.31. The molecule has 0 saturated carbocycles. The predicted octanol–water partition coefficient (Wildman–Crippen LogP) is 2.39. The molecule has 134 valence electrons. The molecule has 0 radical (unpaired) electrons. The molecule has 1 aromatic carbocycles. The maximum absolute atomic E-state index is 12.7. The van der Waals surface area contributed by atoms with Crippen molar-refractivity contribution in [3.8, 4) is 0 Å². The highest BCUT2D eigenvalue weighted by molar-refractivity contribution is 5.74. The van der Waals surface area contributed by atoms with Gasteiger partial charge in [0, 0.05) is 13.1 Å². The van der Waals surface area contributed by atoms with Crippen LogP contribution in [0.1, 0.15) is 24.5 Å². The normalized spacial score (nSPS) is 19.9. The summed E-state index contributed by atoms with van der Waals surface area (Å²) in [6.45, 7) is 2.75. The molecule has 2 amide bonds. The Kier molecular flexibility index (Phi) is 6.06. The topological polar surface area (TPSA) is 61.8 Å². The van der Waals surface area contributed by atoms with Crippen molar-refractivity contribution in [2.45, 2.75) is 38.2 Å². The van der Waals surface area contributed by atoms with E-state index in [1.54, 1.807) is 11.8 Å². The number of alkyl halides is 3. The van der Waals surface area contributed by atoms with Gasteiger partial charge in [-0.05, 0) is 31.0 Å². The second kappa shape index (κ2) is 7.85. The molecule has 5 nitrogen and oxygen atoms in total. The van der Waals surface area contributed by atoms with Crippen LogP contribution in [0.4, 0.5) is 18.0 Å². The van der Waals surface area contributed by atoms with Crippen LogP contribution in [0.5, 0.6) is 0 Å². The molecule has 2 unspecified atom stereocenters. The Balaban J connectivity index is 1.96. The first kappa shape index (κ1) is 18.5. The summed E-state index contributed by atoms with van der Waals surface area (Å²) in [6.07, 6.45) is -4.60. The van der Waals surface area contributed by atoms with Gasteiger partial charge in [-0.15, -0.1) is 0 Å². The molecular weight excluding hydrogens is 325 g/mol. The Hall–Kier alpha value is -1.80. The van der Waals surface area contributed by atoms with E-state index < -0.39 is 17.8 Å². The number of carbonyl (C=O) groups excluding carboxylic acids is 1. The van der Waals surface area contributed by atoms with Crippen molar-refractivity contribution in [3.05, 3.63) is 35.4 Å². The second-order valence-corrected chi connectivity index (χ2v) is 5.86. The van der Waals surface area contributed by atoms with Crippen molar-refractivity contribution in [2.75, 3.05) is 19.8 Å². The zero-order valence-electron chi connectivity index (χ0n) is 13.3. The van der Waals surface area contributed by atoms with Gasteiger partial charge in [0.2, 0.25) is 0 Å². The van der Waals surface area contributed by atoms with Crippen LogP contribution >= 0.6 is 0 Å². The fraction of sp³-hybridized carbons (Fsp3) is 0.562. The zero-order valence-corrected chi connectivity index (χ0v) is 13.3. The lowest BCUT2D eigenvalue weighted by Crippen LogP contribution is -2.53. The number of hydrogen-bond donors (Lipinski definition) is 2. The fourth-order valence-electron chi connectivity index (χ4n) is 2.65. The van der Waals surface area contributed by atoms with Crippen molar-refractivity contribution >= 4 is 6.03 Å². The molecule has 0 aliphatic carbocycles. The number of urea groups is 1. The van der Waals surface area contributed by atoms with E-state index in [1.165, 1.54) is 12.1 Å². The second-order valence-electron chi connectivity index (χ2n) is 5.86. The number of ether oxygens (including phenoxy) is 1. The largest absolute Gasteiger partial charge is 0.416 e. The molecule has 0 spiro atoms. The molecule has 1 saturated heterocycles. The summed E-state index contributed by atoms with van der Waals surface area (Å²) >= 11 is 0. The number of morpholine rings is 1. The number of carbonyl (C=O) groups is 1. The first-order chi connectivity index (χ1) is 11.3. The Morgan fingerprint density at radius 3 is 2.92 bits per heavy atom. The summed E-state index contributed by atoms with van der Waals surface area (Å²) in [7, 11) is 0. The SMILES string of the molecule is CC(O)CC1COCCN1C(=O)NCc1cccc(C(F)(F)F)c1. The lowest BCUT2D eigenvalue weighted by Gasteiger charge is -2.36. The monoisotopic (exact) mass is 346 g/mol. The van der Waals surface area contributed by atoms with Gasteiger partial charge in [-0.3, -0.25) is 0 Å². The number of aliphatic hydroxyl groups excluding tert-OH is 1. The van der Waals surface area contributed by atoms with Gasteiger partial charge in [0.1, 0.15) is 0 Å². The van der Waals surface area contributed by atoms with Gasteiger partial charge in [-0.1, -0.05) is 12.1 Å². The van der Waals surface area contributed by atoms with Crippen molar-refractivity contribution in [1.29, 1.82) is 0 Å². The molecule has 2 rings (SSSR count). The molecule has 0 bridgehead atoms. The van der Waals surface area contributed by atoms with Crippen LogP contribution in [0.15, 0.2) is 24.3 Å². The Morgan fingerprint density at radius 1 is 1.50 bits per heavy atom. The molecule has 2 atom stereocenters. The number of benzene rings is 1. The first-order valence-corrected chi connectivity index (χ1v) is 7.74. The van der Waals surface area contributed by atoms with Crippen LogP contribution in [0.3, 0.4) is 0 Å². The summed E-state index contributed by atoms with van der Waals surface area (Å²) in [5.74, 6) is 0. The molecule has 8 heteroatoms. The summed E-state index contributed by atoms with van der Waals surface area (Å²) in [5, 5.41) is 12.1. The van der Waals surface area contributed by atoms with Crippen molar-refractivity contribution in [3.63, 3.8) is 0 Å². The molecule has 1 aliphatic heterocycles. The Morgan fingerprint density at radius 2 is 2.25 bits per heavy atom. The average Bonchev–Trinajstić information content (AvgIpc) is 2.52. The summed E-state index contributed by atoms with van der Waals surface area (Å²) in [5.41, 5.74) is -0.369. The number of aliphatic hydroxyl groups is 1. The molecular formula is C16H21F3N2O3. The summed E-state index contributed by atoms with van der Waals surface area (Å²) in [4.78, 5) is 13.9. The molecule has 1 aliphatic rings. The van der Waals surface area contributed by atoms with Gasteiger partial charge in [-0.25, -0.2) is 4.79 Å². The number of nitrogens with zero attached hydrogens (tertiary/aromatic N) is 1. The molecule has 1 aromatic rings. The number of halogens is 3. The van der Waals surface area contributed by atoms with E-state index in [0.717, 1.165) is 12.1 Å². The lowest BCUT2D eigenvalue weighted by atomic mass is 10.1. The van der Waals surface area contributed by atoms with E-state index in [9.17, 15) is 23.1 Å². The van der Waals surface area contributed by atoms with Gasteiger partial charge in [0.05, 0.1) is 30.9 Å². The summed E-state index contributed by atoms with van der Waals surface area (Å²) < 4.78 is 43.4. The minimum Gasteiger partial charge on any atom is -0.393 e. The third kappa shape index (κ3) is 5.10. The van der Waals surface area contributed by atoms with E-state index >= 15 is 0 Å². The zero-order chi connectivity index (χ0) is 17.7. The smallest absolute Gasteiger partial charge is 0.393 e. The number of hydrogen-bond acceptors (Lipinski definition) is 3. The van der Waals surface area contributed by atoms with Gasteiger partial charge in [-0.2, -0.15) is 13.2 Å². The molecule has 24 heavy (non-hydrogen) atoms. The van der Waals surface area contributed by atoms with Crippen molar-refractivity contribution in [1.82, 2.24) is 10.2 Å².